The molecule has 0 radical (unpaired) electrons. The van der Waals surface area contributed by atoms with Crippen LogP contribution in [0, 0.1) is 0 Å². The van der Waals surface area contributed by atoms with Crippen LogP contribution in [0.15, 0.2) is 60.7 Å². The van der Waals surface area contributed by atoms with Crippen LogP contribution in [0.3, 0.4) is 0 Å². The van der Waals surface area contributed by atoms with Gasteiger partial charge in [-0.1, -0.05) is 42.5 Å². The third kappa shape index (κ3) is 3.40. The van der Waals surface area contributed by atoms with Crippen LogP contribution in [-0.4, -0.2) is 23.6 Å². The molecule has 0 aliphatic heterocycles. The van der Waals surface area contributed by atoms with Gasteiger partial charge in [-0.3, -0.25) is 0 Å². The van der Waals surface area contributed by atoms with Crippen LogP contribution in [-0.2, 0) is 6.54 Å². The molecule has 1 aromatic heterocycles. The van der Waals surface area contributed by atoms with Crippen molar-refractivity contribution in [2.24, 2.45) is 0 Å². The second kappa shape index (κ2) is 6.75. The molecule has 0 atom stereocenters. The first-order valence-corrected chi connectivity index (χ1v) is 8.10. The Hall–Kier alpha value is -2.81. The lowest BCUT2D eigenvalue weighted by Gasteiger charge is -2.11. The molecular weight excluding hydrogens is 294 g/mol. The Balaban J connectivity index is 1.95. The lowest BCUT2D eigenvalue weighted by Crippen LogP contribution is -2.07. The molecule has 0 saturated heterocycles. The monoisotopic (exact) mass is 317 g/mol. The molecule has 0 aliphatic carbocycles. The molecule has 2 aromatic carbocycles. The fourth-order valence-electron chi connectivity index (χ4n) is 2.71. The zero-order valence-corrected chi connectivity index (χ0v) is 14.5. The van der Waals surface area contributed by atoms with Crippen LogP contribution in [0.5, 0.6) is 0 Å². The van der Waals surface area contributed by atoms with Gasteiger partial charge in [-0.25, -0.2) is 4.98 Å². The Bertz CT molecular complexity index is 883. The molecule has 3 rings (SSSR count). The molecule has 0 spiro atoms. The smallest absolute Gasteiger partial charge is 0.134 e. The molecule has 1 heterocycles. The molecule has 24 heavy (non-hydrogen) atoms. The topological polar surface area (TPSA) is 21.1 Å². The average molecular weight is 317 g/mol. The van der Waals surface area contributed by atoms with Gasteiger partial charge >= 0.3 is 0 Å². The van der Waals surface area contributed by atoms with Crippen molar-refractivity contribution >= 4 is 28.9 Å². The molecular formula is C21H23N3. The molecule has 0 aliphatic rings. The third-order valence-electron chi connectivity index (χ3n) is 3.95. The van der Waals surface area contributed by atoms with Crippen molar-refractivity contribution in [2.45, 2.75) is 13.5 Å². The molecule has 3 heteroatoms. The minimum atomic E-state index is 0.778. The summed E-state index contributed by atoms with van der Waals surface area (Å²) in [6.45, 7) is 6.87. The highest BCUT2D eigenvalue weighted by atomic mass is 15.1. The van der Waals surface area contributed by atoms with Crippen LogP contribution >= 0.6 is 0 Å². The van der Waals surface area contributed by atoms with E-state index in [1.165, 1.54) is 5.69 Å². The van der Waals surface area contributed by atoms with Gasteiger partial charge in [0.25, 0.3) is 0 Å². The molecule has 0 saturated carbocycles. The number of hydrogen-bond acceptors (Lipinski definition) is 2. The lowest BCUT2D eigenvalue weighted by molar-refractivity contribution is 0.801. The van der Waals surface area contributed by atoms with Crippen molar-refractivity contribution in [2.75, 3.05) is 19.0 Å². The first-order chi connectivity index (χ1) is 11.5. The maximum atomic E-state index is 4.75. The molecule has 3 aromatic rings. The standard InChI is InChI=1S/C21H23N3/c1-16(2)15-24-20-8-6-5-7-19(20)22-21(24)14-11-17-9-12-18(13-10-17)23(3)4/h5-14H,1,15H2,2-4H3/b14-11+. The predicted octanol–water partition coefficient (Wildman–Crippen LogP) is 4.85. The summed E-state index contributed by atoms with van der Waals surface area (Å²) in [7, 11) is 4.09. The van der Waals surface area contributed by atoms with Crippen molar-refractivity contribution in [1.82, 2.24) is 9.55 Å². The summed E-state index contributed by atoms with van der Waals surface area (Å²) in [4.78, 5) is 6.85. The van der Waals surface area contributed by atoms with Crippen LogP contribution < -0.4 is 4.90 Å². The number of allylic oxidation sites excluding steroid dienone is 1. The first-order valence-electron chi connectivity index (χ1n) is 8.10. The van der Waals surface area contributed by atoms with Crippen molar-refractivity contribution in [3.05, 3.63) is 72.1 Å². The highest BCUT2D eigenvalue weighted by Crippen LogP contribution is 2.20. The van der Waals surface area contributed by atoms with Crippen LogP contribution in [0.25, 0.3) is 23.2 Å². The minimum absolute atomic E-state index is 0.778. The van der Waals surface area contributed by atoms with Gasteiger partial charge in [-0.05, 0) is 42.8 Å². The van der Waals surface area contributed by atoms with E-state index >= 15 is 0 Å². The second-order valence-electron chi connectivity index (χ2n) is 6.32. The van der Waals surface area contributed by atoms with Gasteiger partial charge in [0.05, 0.1) is 11.0 Å². The Morgan fingerprint density at radius 1 is 1.08 bits per heavy atom. The second-order valence-corrected chi connectivity index (χ2v) is 6.32. The SMILES string of the molecule is C=C(C)Cn1c(/C=C/c2ccc(N(C)C)cc2)nc2ccccc21. The first kappa shape index (κ1) is 16.1. The Morgan fingerprint density at radius 3 is 2.46 bits per heavy atom. The van der Waals surface area contributed by atoms with Gasteiger partial charge in [-0.15, -0.1) is 0 Å². The van der Waals surface area contributed by atoms with E-state index in [0.29, 0.717) is 0 Å². The summed E-state index contributed by atoms with van der Waals surface area (Å²) in [6.07, 6.45) is 4.18. The van der Waals surface area contributed by atoms with E-state index in [4.69, 9.17) is 4.98 Å². The Morgan fingerprint density at radius 2 is 1.79 bits per heavy atom. The fraction of sp³-hybridized carbons (Fsp3) is 0.190. The van der Waals surface area contributed by atoms with Gasteiger partial charge in [-0.2, -0.15) is 0 Å². The van der Waals surface area contributed by atoms with Gasteiger partial charge in [0.1, 0.15) is 5.82 Å². The third-order valence-corrected chi connectivity index (χ3v) is 3.95. The molecule has 122 valence electrons. The van der Waals surface area contributed by atoms with E-state index in [0.717, 1.165) is 34.5 Å². The maximum Gasteiger partial charge on any atom is 0.134 e. The number of para-hydroxylation sites is 2. The minimum Gasteiger partial charge on any atom is -0.378 e. The maximum absolute atomic E-state index is 4.75. The lowest BCUT2D eigenvalue weighted by atomic mass is 10.2. The van der Waals surface area contributed by atoms with Crippen molar-refractivity contribution in [1.29, 1.82) is 0 Å². The zero-order valence-electron chi connectivity index (χ0n) is 14.5. The number of fused-ring (bicyclic) bond motifs is 1. The fourth-order valence-corrected chi connectivity index (χ4v) is 2.71. The number of rotatable bonds is 5. The Kier molecular flexibility index (Phi) is 4.52. The normalized spacial score (nSPS) is 11.3. The average Bonchev–Trinajstić information content (AvgIpc) is 2.90. The molecule has 0 bridgehead atoms. The largest absolute Gasteiger partial charge is 0.378 e. The number of imidazole rings is 1. The molecule has 3 nitrogen and oxygen atoms in total. The van der Waals surface area contributed by atoms with Crippen LogP contribution in [0.4, 0.5) is 5.69 Å². The molecule has 0 N–H and O–H groups in total. The zero-order chi connectivity index (χ0) is 17.1. The molecule has 0 amide bonds. The molecule has 0 fully saturated rings. The van der Waals surface area contributed by atoms with Crippen molar-refractivity contribution < 1.29 is 0 Å². The van der Waals surface area contributed by atoms with Crippen LogP contribution in [0.1, 0.15) is 18.3 Å². The van der Waals surface area contributed by atoms with E-state index < -0.39 is 0 Å². The number of nitrogens with zero attached hydrogens (tertiary/aromatic N) is 3. The van der Waals surface area contributed by atoms with Gasteiger partial charge in [0.2, 0.25) is 0 Å². The van der Waals surface area contributed by atoms with E-state index in [1.807, 2.05) is 39.2 Å². The summed E-state index contributed by atoms with van der Waals surface area (Å²) >= 11 is 0. The molecule has 0 unspecified atom stereocenters. The van der Waals surface area contributed by atoms with E-state index in [9.17, 15) is 0 Å². The summed E-state index contributed by atoms with van der Waals surface area (Å²) in [5, 5.41) is 0. The summed E-state index contributed by atoms with van der Waals surface area (Å²) in [5.74, 6) is 0.955. The van der Waals surface area contributed by atoms with E-state index in [2.05, 4.69) is 58.5 Å². The van der Waals surface area contributed by atoms with Crippen molar-refractivity contribution in [3.8, 4) is 0 Å². The van der Waals surface area contributed by atoms with Gasteiger partial charge < -0.3 is 9.47 Å². The summed E-state index contributed by atoms with van der Waals surface area (Å²) < 4.78 is 2.21. The highest BCUT2D eigenvalue weighted by molar-refractivity contribution is 5.80. The number of benzene rings is 2. The van der Waals surface area contributed by atoms with Gasteiger partial charge in [0, 0.05) is 26.3 Å². The highest BCUT2D eigenvalue weighted by Gasteiger charge is 2.07. The quantitative estimate of drug-likeness (QED) is 0.627. The van der Waals surface area contributed by atoms with E-state index in [-0.39, 0.29) is 0 Å². The number of anilines is 1. The van der Waals surface area contributed by atoms with Crippen molar-refractivity contribution in [3.63, 3.8) is 0 Å². The number of hydrogen-bond donors (Lipinski definition) is 0. The van der Waals surface area contributed by atoms with Crippen LogP contribution in [0.2, 0.25) is 0 Å². The summed E-state index contributed by atoms with van der Waals surface area (Å²) in [6, 6.07) is 16.7. The predicted molar refractivity (Wildman–Crippen MR) is 104 cm³/mol. The van der Waals surface area contributed by atoms with E-state index in [1.54, 1.807) is 0 Å². The van der Waals surface area contributed by atoms with Gasteiger partial charge in [0.15, 0.2) is 0 Å². The Labute approximate surface area is 143 Å². The number of aromatic nitrogens is 2. The summed E-state index contributed by atoms with van der Waals surface area (Å²) in [5.41, 5.74) is 5.63.